The van der Waals surface area contributed by atoms with E-state index < -0.39 is 22.5 Å². The summed E-state index contributed by atoms with van der Waals surface area (Å²) in [7, 11) is -3.92. The second kappa shape index (κ2) is 5.53. The Kier molecular flexibility index (Phi) is 3.98. The van der Waals surface area contributed by atoms with E-state index in [9.17, 15) is 13.2 Å². The summed E-state index contributed by atoms with van der Waals surface area (Å²) in [5.74, 6) is -0.775. The number of hydrogen-bond acceptors (Lipinski definition) is 5. The molecule has 3 N–H and O–H groups in total. The van der Waals surface area contributed by atoms with Crippen LogP contribution in [0.25, 0.3) is 10.9 Å². The zero-order valence-corrected chi connectivity index (χ0v) is 11.5. The molecule has 0 aliphatic heterocycles. The summed E-state index contributed by atoms with van der Waals surface area (Å²) in [6.45, 7) is 1.30. The van der Waals surface area contributed by atoms with Gasteiger partial charge in [-0.15, -0.1) is 0 Å². The van der Waals surface area contributed by atoms with E-state index >= 15 is 0 Å². The molecule has 2 rings (SSSR count). The van der Waals surface area contributed by atoms with E-state index in [1.54, 1.807) is 24.4 Å². The zero-order chi connectivity index (χ0) is 14.8. The largest absolute Gasteiger partial charge is 0.368 e. The highest BCUT2D eigenvalue weighted by Crippen LogP contribution is 2.23. The lowest BCUT2D eigenvalue weighted by Crippen LogP contribution is -2.29. The molecular weight excluding hydrogens is 282 g/mol. The average Bonchev–Trinajstić information content (AvgIpc) is 2.38. The second-order valence-corrected chi connectivity index (χ2v) is 5.74. The summed E-state index contributed by atoms with van der Waals surface area (Å²) >= 11 is 0. The Hall–Kier alpha value is -2.03. The smallest absolute Gasteiger partial charge is 0.263 e. The van der Waals surface area contributed by atoms with Crippen molar-refractivity contribution in [2.45, 2.75) is 11.8 Å². The fraction of sp³-hybridized carbons (Fsp3) is 0.167. The van der Waals surface area contributed by atoms with Crippen molar-refractivity contribution in [2.24, 2.45) is 5.73 Å². The molecule has 1 aromatic heterocycles. The number of pyridine rings is 1. The first-order valence-corrected chi connectivity index (χ1v) is 7.16. The predicted molar refractivity (Wildman–Crippen MR) is 71.9 cm³/mol. The van der Waals surface area contributed by atoms with Gasteiger partial charge in [0.2, 0.25) is 5.91 Å². The fourth-order valence-electron chi connectivity index (χ4n) is 1.75. The molecule has 0 saturated heterocycles. The minimum absolute atomic E-state index is 0.0238. The third-order valence-corrected chi connectivity index (χ3v) is 3.88. The summed E-state index contributed by atoms with van der Waals surface area (Å²) in [6, 6.07) is 6.40. The van der Waals surface area contributed by atoms with Crippen molar-refractivity contribution in [3.8, 4) is 0 Å². The summed E-state index contributed by atoms with van der Waals surface area (Å²) in [6.07, 6.45) is 1.59. The third-order valence-electron chi connectivity index (χ3n) is 2.60. The van der Waals surface area contributed by atoms with Crippen LogP contribution in [0.2, 0.25) is 0 Å². The van der Waals surface area contributed by atoms with Gasteiger partial charge in [-0.25, -0.2) is 8.42 Å². The number of benzene rings is 1. The van der Waals surface area contributed by atoms with Crippen LogP contribution in [0, 0.1) is 6.92 Å². The Morgan fingerprint density at radius 1 is 1.40 bits per heavy atom. The molecule has 1 heterocycles. The molecule has 20 heavy (non-hydrogen) atoms. The number of nitrogens with one attached hydrogen (secondary N) is 1. The fourth-order valence-corrected chi connectivity index (χ4v) is 2.75. The standard InChI is InChI=1S/C12H13N3O4S/c1-8-4-5-10(9-3-2-6-14-12(8)9)20(17,18)15-19-7-11(13)16/h2-6,15H,7H2,1H3,(H2,13,16). The van der Waals surface area contributed by atoms with Gasteiger partial charge in [-0.2, -0.15) is 0 Å². The van der Waals surface area contributed by atoms with Crippen LogP contribution >= 0.6 is 0 Å². The van der Waals surface area contributed by atoms with Crippen molar-refractivity contribution in [3.63, 3.8) is 0 Å². The van der Waals surface area contributed by atoms with Gasteiger partial charge in [0, 0.05) is 11.6 Å². The number of sulfonamides is 1. The number of carbonyl (C=O) groups is 1. The Morgan fingerprint density at radius 3 is 2.85 bits per heavy atom. The minimum Gasteiger partial charge on any atom is -0.368 e. The first-order chi connectivity index (χ1) is 9.42. The van der Waals surface area contributed by atoms with Crippen LogP contribution < -0.4 is 10.6 Å². The van der Waals surface area contributed by atoms with Crippen LogP contribution in [0.3, 0.4) is 0 Å². The van der Waals surface area contributed by atoms with Crippen molar-refractivity contribution in [1.29, 1.82) is 0 Å². The van der Waals surface area contributed by atoms with Crippen LogP contribution in [-0.2, 0) is 19.7 Å². The number of fused-ring (bicyclic) bond motifs is 1. The molecule has 2 aromatic rings. The highest BCUT2D eigenvalue weighted by molar-refractivity contribution is 7.89. The zero-order valence-electron chi connectivity index (χ0n) is 10.7. The predicted octanol–water partition coefficient (Wildman–Crippen LogP) is 0.238. The number of hydrogen-bond donors (Lipinski definition) is 2. The number of amides is 1. The normalized spacial score (nSPS) is 11.7. The van der Waals surface area contributed by atoms with Gasteiger partial charge < -0.3 is 5.73 Å². The van der Waals surface area contributed by atoms with Gasteiger partial charge in [0.05, 0.1) is 10.4 Å². The van der Waals surface area contributed by atoms with Gasteiger partial charge in [0.25, 0.3) is 10.0 Å². The van der Waals surface area contributed by atoms with Gasteiger partial charge in [0.15, 0.2) is 0 Å². The Morgan fingerprint density at radius 2 is 2.15 bits per heavy atom. The summed E-state index contributed by atoms with van der Waals surface area (Å²) in [5.41, 5.74) is 6.31. The van der Waals surface area contributed by atoms with Crippen LogP contribution in [0.15, 0.2) is 35.4 Å². The number of carbonyl (C=O) groups excluding carboxylic acids is 1. The van der Waals surface area contributed by atoms with Gasteiger partial charge in [-0.1, -0.05) is 11.0 Å². The molecule has 0 saturated carbocycles. The third kappa shape index (κ3) is 2.93. The van der Waals surface area contributed by atoms with Crippen LogP contribution in [0.5, 0.6) is 0 Å². The van der Waals surface area contributed by atoms with E-state index in [1.165, 1.54) is 6.07 Å². The van der Waals surface area contributed by atoms with Gasteiger partial charge >= 0.3 is 0 Å². The first-order valence-electron chi connectivity index (χ1n) is 5.68. The van der Waals surface area contributed by atoms with Crippen molar-refractivity contribution in [3.05, 3.63) is 36.0 Å². The van der Waals surface area contributed by atoms with Crippen molar-refractivity contribution >= 4 is 26.8 Å². The van der Waals surface area contributed by atoms with Crippen molar-refractivity contribution in [2.75, 3.05) is 6.61 Å². The Labute approximate surface area is 115 Å². The van der Waals surface area contributed by atoms with E-state index in [-0.39, 0.29) is 4.90 Å². The highest BCUT2D eigenvalue weighted by atomic mass is 32.2. The summed E-state index contributed by atoms with van der Waals surface area (Å²) in [4.78, 5) is 21.1. The monoisotopic (exact) mass is 295 g/mol. The molecular formula is C12H13N3O4S. The number of aromatic nitrogens is 1. The first kappa shape index (κ1) is 14.4. The quantitative estimate of drug-likeness (QED) is 0.767. The maximum absolute atomic E-state index is 12.1. The molecule has 0 bridgehead atoms. The number of rotatable bonds is 5. The molecule has 0 spiro atoms. The molecule has 0 aliphatic rings. The summed E-state index contributed by atoms with van der Waals surface area (Å²) < 4.78 is 24.2. The van der Waals surface area contributed by atoms with Crippen LogP contribution in [0.1, 0.15) is 5.56 Å². The van der Waals surface area contributed by atoms with Crippen LogP contribution in [0.4, 0.5) is 0 Å². The van der Waals surface area contributed by atoms with E-state index in [2.05, 4.69) is 9.82 Å². The topological polar surface area (TPSA) is 111 Å². The SMILES string of the molecule is Cc1ccc(S(=O)(=O)NOCC(N)=O)c2cccnc12. The van der Waals surface area contributed by atoms with Crippen molar-refractivity contribution < 1.29 is 18.0 Å². The number of primary amides is 1. The maximum atomic E-state index is 12.1. The number of nitrogens with zero attached hydrogens (tertiary/aromatic N) is 1. The van der Waals surface area contributed by atoms with E-state index in [0.717, 1.165) is 5.56 Å². The highest BCUT2D eigenvalue weighted by Gasteiger charge is 2.18. The minimum atomic E-state index is -3.92. The average molecular weight is 295 g/mol. The molecule has 1 amide bonds. The lowest BCUT2D eigenvalue weighted by Gasteiger charge is -2.09. The van der Waals surface area contributed by atoms with E-state index in [4.69, 9.17) is 5.73 Å². The lowest BCUT2D eigenvalue weighted by molar-refractivity contribution is -0.123. The molecule has 0 atom stereocenters. The molecule has 1 aromatic carbocycles. The number of nitrogens with two attached hydrogens (primary N) is 1. The Balaban J connectivity index is 2.42. The molecule has 0 radical (unpaired) electrons. The van der Waals surface area contributed by atoms with Crippen molar-refractivity contribution in [1.82, 2.24) is 9.87 Å². The molecule has 0 fully saturated rings. The molecule has 8 heteroatoms. The van der Waals surface area contributed by atoms with Gasteiger partial charge in [-0.05, 0) is 30.7 Å². The van der Waals surface area contributed by atoms with Gasteiger partial charge in [0.1, 0.15) is 6.61 Å². The van der Waals surface area contributed by atoms with E-state index in [1.807, 2.05) is 11.8 Å². The molecule has 0 aliphatic carbocycles. The number of aryl methyl sites for hydroxylation is 1. The Bertz CT molecular complexity index is 758. The molecule has 106 valence electrons. The van der Waals surface area contributed by atoms with Gasteiger partial charge in [-0.3, -0.25) is 14.6 Å². The molecule has 7 nitrogen and oxygen atoms in total. The lowest BCUT2D eigenvalue weighted by atomic mass is 10.1. The maximum Gasteiger partial charge on any atom is 0.263 e. The molecule has 0 unspecified atom stereocenters. The van der Waals surface area contributed by atoms with E-state index in [0.29, 0.717) is 10.9 Å². The van der Waals surface area contributed by atoms with Crippen LogP contribution in [-0.4, -0.2) is 25.9 Å². The second-order valence-electron chi connectivity index (χ2n) is 4.12. The summed E-state index contributed by atoms with van der Waals surface area (Å²) in [5, 5.41) is 0.475.